The number of benzene rings is 3. The summed E-state index contributed by atoms with van der Waals surface area (Å²) in [4.78, 5) is 23.7. The Morgan fingerprint density at radius 2 is 1.65 bits per heavy atom. The molecular formula is C35H39F2InN6O4. The van der Waals surface area contributed by atoms with Crippen LogP contribution in [0.2, 0.25) is 4.18 Å². The van der Waals surface area contributed by atoms with Crippen LogP contribution in [0.1, 0.15) is 19.4 Å². The van der Waals surface area contributed by atoms with Crippen LogP contribution in [0.25, 0.3) is 0 Å². The fourth-order valence-corrected chi connectivity index (χ4v) is 15.2. The van der Waals surface area contributed by atoms with Crippen molar-refractivity contribution in [3.05, 3.63) is 96.6 Å². The zero-order valence-electron chi connectivity index (χ0n) is 27.2. The van der Waals surface area contributed by atoms with Crippen LogP contribution in [-0.2, 0) is 21.6 Å². The summed E-state index contributed by atoms with van der Waals surface area (Å²) >= 11 is -2.41. The van der Waals surface area contributed by atoms with E-state index in [0.717, 1.165) is 48.7 Å². The number of rotatable bonds is 10. The molecule has 0 spiro atoms. The minimum absolute atomic E-state index is 0.0400. The summed E-state index contributed by atoms with van der Waals surface area (Å²) in [5.74, 6) is -0.721. The molecule has 13 heteroatoms. The van der Waals surface area contributed by atoms with Gasteiger partial charge in [-0.2, -0.15) is 5.10 Å². The van der Waals surface area contributed by atoms with Gasteiger partial charge in [-0.3, -0.25) is 0 Å². The third kappa shape index (κ3) is 6.90. The number of ether oxygens (including phenoxy) is 3. The Labute approximate surface area is 286 Å². The van der Waals surface area contributed by atoms with Crippen LogP contribution in [0.5, 0.6) is 5.75 Å². The molecule has 7 rings (SSSR count). The van der Waals surface area contributed by atoms with Gasteiger partial charge in [-0.1, -0.05) is 6.07 Å². The van der Waals surface area contributed by atoms with Gasteiger partial charge in [-0.25, -0.2) is 18.4 Å². The SMILES string of the molecule is CC(C)N1C[CH2][In]([c]2ccc(N3CCN(c4ccc(OC[C@H]5OC[C@](Cn6cncn6)(c6ccc(F)cc6F)O5)cc4)CC3)cc2)[C]1=O. The van der Waals surface area contributed by atoms with E-state index in [-0.39, 0.29) is 25.3 Å². The van der Waals surface area contributed by atoms with Crippen LogP contribution < -0.4 is 17.9 Å². The first-order valence-electron chi connectivity index (χ1n) is 16.5. The monoisotopic (exact) mass is 760 g/mol. The Bertz CT molecular complexity index is 1700. The fourth-order valence-electron chi connectivity index (χ4n) is 6.96. The number of piperazine rings is 1. The van der Waals surface area contributed by atoms with Gasteiger partial charge in [0.1, 0.15) is 36.5 Å². The van der Waals surface area contributed by atoms with Crippen LogP contribution in [0, 0.1) is 11.6 Å². The molecule has 3 saturated heterocycles. The molecule has 0 aliphatic carbocycles. The molecule has 4 aromatic rings. The molecular weight excluding hydrogens is 721 g/mol. The van der Waals surface area contributed by atoms with E-state index in [1.807, 2.05) is 24.3 Å². The second kappa shape index (κ2) is 14.0. The van der Waals surface area contributed by atoms with E-state index < -0.39 is 45.0 Å². The van der Waals surface area contributed by atoms with Crippen LogP contribution >= 0.6 is 0 Å². The van der Waals surface area contributed by atoms with Crippen molar-refractivity contribution in [2.75, 3.05) is 55.7 Å². The maximum atomic E-state index is 14.9. The van der Waals surface area contributed by atoms with Crippen molar-refractivity contribution in [2.24, 2.45) is 0 Å². The van der Waals surface area contributed by atoms with Crippen LogP contribution in [0.3, 0.4) is 0 Å². The van der Waals surface area contributed by atoms with Gasteiger partial charge in [0.05, 0.1) is 13.2 Å². The molecule has 1 amide bonds. The molecule has 3 fully saturated rings. The summed E-state index contributed by atoms with van der Waals surface area (Å²) in [7, 11) is 0. The zero-order chi connectivity index (χ0) is 33.3. The molecule has 250 valence electrons. The molecule has 3 aromatic carbocycles. The number of carbonyl (C=O) groups excluding carboxylic acids is 1. The molecule has 3 aliphatic heterocycles. The van der Waals surface area contributed by atoms with Gasteiger partial charge < -0.3 is 14.2 Å². The van der Waals surface area contributed by atoms with Crippen molar-refractivity contribution < 1.29 is 27.8 Å². The van der Waals surface area contributed by atoms with Gasteiger partial charge in [-0.05, 0) is 6.07 Å². The van der Waals surface area contributed by atoms with E-state index in [0.29, 0.717) is 15.5 Å². The standard InChI is InChI=1S/C29H28F2N5O3.C6H11NO.In/c30-22-6-11-26(27(31)16-22)29(18-36-21-32-20-33-36)19-38-28(39-29)17-37-25-9-7-24(8-10-25)35-14-12-34(13-15-35)23-4-2-1-3-5-23;1-4-7(5-8)6(2)3;/h2-11,16,20-21,28H,12-15,17-19H2;6H,1,4H2,2-3H3;/t28-,29+;;/m0../s1. The number of halogens is 2. The van der Waals surface area contributed by atoms with Crippen molar-refractivity contribution >= 4 is 39.8 Å². The molecule has 4 heterocycles. The number of hydrogen-bond acceptors (Lipinski definition) is 8. The van der Waals surface area contributed by atoms with Crippen molar-refractivity contribution in [3.63, 3.8) is 0 Å². The molecule has 10 nitrogen and oxygen atoms in total. The molecule has 0 radical (unpaired) electrons. The molecule has 0 N–H and O–H groups in total. The first-order chi connectivity index (χ1) is 23.3. The zero-order valence-corrected chi connectivity index (χ0v) is 30.5. The van der Waals surface area contributed by atoms with Crippen LogP contribution in [-0.4, -0.2) is 103 Å². The van der Waals surface area contributed by atoms with E-state index in [1.165, 1.54) is 38.5 Å². The minimum atomic E-state index is -2.41. The van der Waals surface area contributed by atoms with E-state index in [9.17, 15) is 13.6 Å². The maximum absolute atomic E-state index is 14.9. The number of aromatic nitrogens is 3. The average Bonchev–Trinajstić information content (AvgIpc) is 3.85. The number of hydrogen-bond donors (Lipinski definition) is 0. The predicted octanol–water partition coefficient (Wildman–Crippen LogP) is 4.36. The summed E-state index contributed by atoms with van der Waals surface area (Å²) in [5.41, 5.74) is 1.29. The van der Waals surface area contributed by atoms with Crippen molar-refractivity contribution in [3.8, 4) is 5.75 Å². The molecule has 0 unspecified atom stereocenters. The fraction of sp³-hybridized carbons (Fsp3) is 0.400. The molecule has 2 atom stereocenters. The molecule has 3 aliphatic rings. The Hall–Kier alpha value is -3.68. The van der Waals surface area contributed by atoms with Gasteiger partial charge >= 0.3 is 170 Å². The van der Waals surface area contributed by atoms with Gasteiger partial charge in [0, 0.05) is 11.6 Å². The molecule has 48 heavy (non-hydrogen) atoms. The summed E-state index contributed by atoms with van der Waals surface area (Å²) in [6.45, 7) is 9.01. The predicted molar refractivity (Wildman–Crippen MR) is 179 cm³/mol. The first-order valence-corrected chi connectivity index (χ1v) is 22.1. The second-order valence-corrected chi connectivity index (χ2v) is 21.0. The number of anilines is 2. The normalized spacial score (nSPS) is 21.5. The van der Waals surface area contributed by atoms with E-state index in [4.69, 9.17) is 14.2 Å². The Balaban J connectivity index is 0.914. The topological polar surface area (TPSA) is 85.2 Å². The second-order valence-electron chi connectivity index (χ2n) is 12.9. The van der Waals surface area contributed by atoms with Crippen LogP contribution in [0.4, 0.5) is 25.0 Å². The summed E-state index contributed by atoms with van der Waals surface area (Å²) in [6.07, 6.45) is 2.13. The van der Waals surface area contributed by atoms with Gasteiger partial charge in [-0.15, -0.1) is 0 Å². The Morgan fingerprint density at radius 3 is 2.25 bits per heavy atom. The quantitative estimate of drug-likeness (QED) is 0.236. The van der Waals surface area contributed by atoms with Crippen molar-refractivity contribution in [1.29, 1.82) is 0 Å². The Kier molecular flexibility index (Phi) is 9.61. The van der Waals surface area contributed by atoms with E-state index in [2.05, 4.69) is 62.9 Å². The first kappa shape index (κ1) is 32.8. The number of nitrogens with zero attached hydrogens (tertiary/aromatic N) is 6. The summed E-state index contributed by atoms with van der Waals surface area (Å²) in [5, 5.41) is 4.13. The third-order valence-electron chi connectivity index (χ3n) is 9.56. The van der Waals surface area contributed by atoms with Crippen LogP contribution in [0.15, 0.2) is 79.4 Å². The average molecular weight is 761 g/mol. The molecule has 0 saturated carbocycles. The Morgan fingerprint density at radius 1 is 0.958 bits per heavy atom. The van der Waals surface area contributed by atoms with Crippen molar-refractivity contribution in [1.82, 2.24) is 19.7 Å². The van der Waals surface area contributed by atoms with E-state index >= 15 is 0 Å². The summed E-state index contributed by atoms with van der Waals surface area (Å²) < 4.78 is 51.1. The third-order valence-corrected chi connectivity index (χ3v) is 18.0. The van der Waals surface area contributed by atoms with Crippen molar-refractivity contribution in [2.45, 2.75) is 42.5 Å². The number of carbonyl (C=O) groups is 1. The molecule has 1 aromatic heterocycles. The number of amides is 1. The van der Waals surface area contributed by atoms with Gasteiger partial charge in [0.25, 0.3) is 0 Å². The molecule has 0 bridgehead atoms. The van der Waals surface area contributed by atoms with Gasteiger partial charge in [0.2, 0.25) is 0 Å². The van der Waals surface area contributed by atoms with Gasteiger partial charge in [0.15, 0.2) is 6.29 Å². The van der Waals surface area contributed by atoms with E-state index in [1.54, 1.807) is 0 Å². The summed E-state index contributed by atoms with van der Waals surface area (Å²) in [6, 6.07) is 20.5.